The highest BCUT2D eigenvalue weighted by molar-refractivity contribution is 7.89. The summed E-state index contributed by atoms with van der Waals surface area (Å²) in [4.78, 5) is 10.7. The number of aldehydes is 1. The molecule has 0 radical (unpaired) electrons. The van der Waals surface area contributed by atoms with Crippen LogP contribution in [0.15, 0.2) is 71.6 Å². The Balaban J connectivity index is 2.27. The molecule has 4 nitrogen and oxygen atoms in total. The standard InChI is InChI=1S/C18H19NO3S/c1-15-10-12-17(13-11-15)23(21,22)19-18(9-5-6-14-20)16-7-3-2-4-8-16/h2-8,10-14,18-19H,9H2,1H3/b6-5+. The molecule has 23 heavy (non-hydrogen) atoms. The van der Waals surface area contributed by atoms with Gasteiger partial charge in [0.2, 0.25) is 10.0 Å². The minimum absolute atomic E-state index is 0.225. The van der Waals surface area contributed by atoms with Gasteiger partial charge in [-0.25, -0.2) is 13.1 Å². The van der Waals surface area contributed by atoms with E-state index in [4.69, 9.17) is 0 Å². The molecule has 0 saturated carbocycles. The fourth-order valence-electron chi connectivity index (χ4n) is 2.18. The summed E-state index contributed by atoms with van der Waals surface area (Å²) in [6.45, 7) is 1.90. The van der Waals surface area contributed by atoms with E-state index in [1.54, 1.807) is 30.3 Å². The van der Waals surface area contributed by atoms with Gasteiger partial charge in [0.25, 0.3) is 0 Å². The lowest BCUT2D eigenvalue weighted by atomic mass is 10.0. The molecule has 0 amide bonds. The third-order valence-electron chi connectivity index (χ3n) is 3.42. The molecule has 0 fully saturated rings. The molecule has 0 aliphatic carbocycles. The minimum atomic E-state index is -3.63. The summed E-state index contributed by atoms with van der Waals surface area (Å²) in [6.07, 6.45) is 4.10. The van der Waals surface area contributed by atoms with Crippen molar-refractivity contribution in [3.05, 3.63) is 77.9 Å². The topological polar surface area (TPSA) is 63.2 Å². The van der Waals surface area contributed by atoms with E-state index in [0.29, 0.717) is 12.7 Å². The predicted octanol–water partition coefficient (Wildman–Crippen LogP) is 3.16. The maximum absolute atomic E-state index is 12.6. The number of carbonyl (C=O) groups excluding carboxylic acids is 1. The highest BCUT2D eigenvalue weighted by Gasteiger charge is 2.20. The van der Waals surface area contributed by atoms with Crippen LogP contribution in [-0.4, -0.2) is 14.7 Å². The molecular formula is C18H19NO3S. The fraction of sp³-hybridized carbons (Fsp3) is 0.167. The lowest BCUT2D eigenvalue weighted by Crippen LogP contribution is -2.28. The van der Waals surface area contributed by atoms with Gasteiger partial charge < -0.3 is 0 Å². The van der Waals surface area contributed by atoms with Gasteiger partial charge in [0, 0.05) is 0 Å². The van der Waals surface area contributed by atoms with Crippen LogP contribution in [0.4, 0.5) is 0 Å². The van der Waals surface area contributed by atoms with Gasteiger partial charge in [-0.15, -0.1) is 0 Å². The third-order valence-corrected chi connectivity index (χ3v) is 4.90. The van der Waals surface area contributed by atoms with Gasteiger partial charge in [-0.1, -0.05) is 54.1 Å². The van der Waals surface area contributed by atoms with E-state index < -0.39 is 16.1 Å². The van der Waals surface area contributed by atoms with Crippen molar-refractivity contribution in [2.45, 2.75) is 24.3 Å². The molecule has 0 bridgehead atoms. The third kappa shape index (κ3) is 4.87. The first-order valence-electron chi connectivity index (χ1n) is 7.27. The predicted molar refractivity (Wildman–Crippen MR) is 90.5 cm³/mol. The van der Waals surface area contributed by atoms with Crippen molar-refractivity contribution in [1.82, 2.24) is 4.72 Å². The number of hydrogen-bond donors (Lipinski definition) is 1. The lowest BCUT2D eigenvalue weighted by molar-refractivity contribution is -0.104. The molecule has 5 heteroatoms. The SMILES string of the molecule is Cc1ccc(S(=O)(=O)NC(C/C=C/C=O)c2ccccc2)cc1. The van der Waals surface area contributed by atoms with Crippen LogP contribution in [0, 0.1) is 6.92 Å². The molecule has 1 unspecified atom stereocenters. The molecule has 2 rings (SSSR count). The van der Waals surface area contributed by atoms with E-state index in [1.165, 1.54) is 6.08 Å². The van der Waals surface area contributed by atoms with E-state index >= 15 is 0 Å². The number of sulfonamides is 1. The summed E-state index contributed by atoms with van der Waals surface area (Å²) in [6, 6.07) is 15.6. The number of rotatable bonds is 7. The van der Waals surface area contributed by atoms with Crippen molar-refractivity contribution in [1.29, 1.82) is 0 Å². The highest BCUT2D eigenvalue weighted by atomic mass is 32.2. The zero-order valence-corrected chi connectivity index (χ0v) is 13.7. The van der Waals surface area contributed by atoms with Gasteiger partial charge in [0.15, 0.2) is 0 Å². The van der Waals surface area contributed by atoms with E-state index in [1.807, 2.05) is 37.3 Å². The maximum Gasteiger partial charge on any atom is 0.241 e. The van der Waals surface area contributed by atoms with Crippen LogP contribution in [0.3, 0.4) is 0 Å². The maximum atomic E-state index is 12.6. The molecule has 2 aromatic rings. The summed E-state index contributed by atoms with van der Waals surface area (Å²) in [5.41, 5.74) is 1.84. The molecular weight excluding hydrogens is 310 g/mol. The van der Waals surface area contributed by atoms with Crippen molar-refractivity contribution < 1.29 is 13.2 Å². The second-order valence-corrected chi connectivity index (χ2v) is 6.91. The van der Waals surface area contributed by atoms with Crippen LogP contribution in [0.1, 0.15) is 23.6 Å². The monoisotopic (exact) mass is 329 g/mol. The Morgan fingerprint density at radius 3 is 2.30 bits per heavy atom. The summed E-state index contributed by atoms with van der Waals surface area (Å²) < 4.78 is 27.8. The summed E-state index contributed by atoms with van der Waals surface area (Å²) >= 11 is 0. The van der Waals surface area contributed by atoms with E-state index in [2.05, 4.69) is 4.72 Å². The van der Waals surface area contributed by atoms with Crippen LogP contribution < -0.4 is 4.72 Å². The first-order chi connectivity index (χ1) is 11.0. The normalized spacial score (nSPS) is 13.1. The average molecular weight is 329 g/mol. The van der Waals surface area contributed by atoms with E-state index in [0.717, 1.165) is 11.1 Å². The quantitative estimate of drug-likeness (QED) is 0.627. The zero-order valence-electron chi connectivity index (χ0n) is 12.8. The lowest BCUT2D eigenvalue weighted by Gasteiger charge is -2.18. The van der Waals surface area contributed by atoms with Gasteiger partial charge >= 0.3 is 0 Å². The molecule has 1 atom stereocenters. The van der Waals surface area contributed by atoms with Gasteiger partial charge in [-0.05, 0) is 37.1 Å². The number of benzene rings is 2. The Hall–Kier alpha value is -2.24. The number of carbonyl (C=O) groups is 1. The fourth-order valence-corrected chi connectivity index (χ4v) is 3.42. The van der Waals surface area contributed by atoms with Crippen molar-refractivity contribution in [3.8, 4) is 0 Å². The van der Waals surface area contributed by atoms with Crippen molar-refractivity contribution in [2.24, 2.45) is 0 Å². The Bertz CT molecular complexity index is 766. The zero-order chi connectivity index (χ0) is 16.7. The molecule has 0 aliphatic heterocycles. The Kier molecular flexibility index (Phi) is 5.84. The molecule has 0 aliphatic rings. The van der Waals surface area contributed by atoms with Crippen LogP contribution in [0.25, 0.3) is 0 Å². The molecule has 120 valence electrons. The molecule has 2 aromatic carbocycles. The summed E-state index contributed by atoms with van der Waals surface area (Å²) in [5.74, 6) is 0. The molecule has 0 aromatic heterocycles. The Morgan fingerprint density at radius 1 is 1.04 bits per heavy atom. The Labute approximate surface area is 136 Å². The van der Waals surface area contributed by atoms with Crippen LogP contribution in [0.2, 0.25) is 0 Å². The number of allylic oxidation sites excluding steroid dienone is 1. The molecule has 0 heterocycles. The van der Waals surface area contributed by atoms with Gasteiger partial charge in [-0.2, -0.15) is 0 Å². The van der Waals surface area contributed by atoms with Gasteiger partial charge in [0.1, 0.15) is 6.29 Å². The summed E-state index contributed by atoms with van der Waals surface area (Å²) in [7, 11) is -3.63. The minimum Gasteiger partial charge on any atom is -0.299 e. The van der Waals surface area contributed by atoms with Crippen molar-refractivity contribution in [2.75, 3.05) is 0 Å². The van der Waals surface area contributed by atoms with Crippen LogP contribution in [0.5, 0.6) is 0 Å². The van der Waals surface area contributed by atoms with Gasteiger partial charge in [-0.3, -0.25) is 4.79 Å². The highest BCUT2D eigenvalue weighted by Crippen LogP contribution is 2.21. The van der Waals surface area contributed by atoms with Crippen molar-refractivity contribution >= 4 is 16.3 Å². The van der Waals surface area contributed by atoms with Crippen LogP contribution >= 0.6 is 0 Å². The second kappa shape index (κ2) is 7.85. The first kappa shape index (κ1) is 17.1. The van der Waals surface area contributed by atoms with Gasteiger partial charge in [0.05, 0.1) is 10.9 Å². The Morgan fingerprint density at radius 2 is 1.70 bits per heavy atom. The molecule has 1 N–H and O–H groups in total. The number of nitrogens with one attached hydrogen (secondary N) is 1. The number of hydrogen-bond acceptors (Lipinski definition) is 3. The van der Waals surface area contributed by atoms with E-state index in [-0.39, 0.29) is 4.90 Å². The number of aryl methyl sites for hydroxylation is 1. The largest absolute Gasteiger partial charge is 0.299 e. The first-order valence-corrected chi connectivity index (χ1v) is 8.75. The molecule has 0 spiro atoms. The summed E-state index contributed by atoms with van der Waals surface area (Å²) in [5, 5.41) is 0. The molecule has 0 saturated heterocycles. The average Bonchev–Trinajstić information content (AvgIpc) is 2.55. The van der Waals surface area contributed by atoms with Crippen LogP contribution in [-0.2, 0) is 14.8 Å². The van der Waals surface area contributed by atoms with Crippen molar-refractivity contribution in [3.63, 3.8) is 0 Å². The smallest absolute Gasteiger partial charge is 0.241 e. The van der Waals surface area contributed by atoms with E-state index in [9.17, 15) is 13.2 Å². The second-order valence-electron chi connectivity index (χ2n) is 5.20.